The SMILES string of the molecule is C=CCN(CC=C)C(=O)CN(CC(=O)N1CCSC1c1ccc(F)cc1)CC(C)C. The van der Waals surface area contributed by atoms with Gasteiger partial charge < -0.3 is 9.80 Å². The van der Waals surface area contributed by atoms with Crippen LogP contribution >= 0.6 is 11.8 Å². The highest BCUT2D eigenvalue weighted by Gasteiger charge is 2.32. The summed E-state index contributed by atoms with van der Waals surface area (Å²) in [7, 11) is 0. The number of hydrogen-bond donors (Lipinski definition) is 0. The van der Waals surface area contributed by atoms with Gasteiger partial charge >= 0.3 is 0 Å². The molecule has 30 heavy (non-hydrogen) atoms. The zero-order chi connectivity index (χ0) is 22.1. The highest BCUT2D eigenvalue weighted by Crippen LogP contribution is 2.37. The number of amides is 2. The Labute approximate surface area is 183 Å². The number of carbonyl (C=O) groups excluding carboxylic acids is 2. The third-order valence-electron chi connectivity index (χ3n) is 4.76. The van der Waals surface area contributed by atoms with E-state index in [1.54, 1.807) is 40.9 Å². The molecule has 1 aliphatic rings. The summed E-state index contributed by atoms with van der Waals surface area (Å²) in [6.07, 6.45) is 3.38. The molecule has 0 radical (unpaired) electrons. The molecule has 1 atom stereocenters. The van der Waals surface area contributed by atoms with Crippen LogP contribution in [0.4, 0.5) is 4.39 Å². The lowest BCUT2D eigenvalue weighted by molar-refractivity contribution is -0.135. The van der Waals surface area contributed by atoms with Gasteiger partial charge in [0.15, 0.2) is 0 Å². The van der Waals surface area contributed by atoms with E-state index in [1.165, 1.54) is 12.1 Å². The van der Waals surface area contributed by atoms with Crippen LogP contribution in [0, 0.1) is 11.7 Å². The topological polar surface area (TPSA) is 43.9 Å². The van der Waals surface area contributed by atoms with Crippen LogP contribution in [0.15, 0.2) is 49.6 Å². The summed E-state index contributed by atoms with van der Waals surface area (Å²) in [6, 6.07) is 6.32. The van der Waals surface area contributed by atoms with Gasteiger partial charge in [0.05, 0.1) is 13.1 Å². The van der Waals surface area contributed by atoms with Crippen LogP contribution in [0.2, 0.25) is 0 Å². The van der Waals surface area contributed by atoms with E-state index in [2.05, 4.69) is 27.0 Å². The van der Waals surface area contributed by atoms with Crippen molar-refractivity contribution in [1.29, 1.82) is 0 Å². The largest absolute Gasteiger partial charge is 0.334 e. The molecule has 1 fully saturated rings. The van der Waals surface area contributed by atoms with E-state index in [0.29, 0.717) is 32.1 Å². The summed E-state index contributed by atoms with van der Waals surface area (Å²) >= 11 is 1.68. The summed E-state index contributed by atoms with van der Waals surface area (Å²) in [6.45, 7) is 14.1. The second kappa shape index (κ2) is 11.9. The van der Waals surface area contributed by atoms with Crippen LogP contribution in [0.1, 0.15) is 24.8 Å². The predicted molar refractivity (Wildman–Crippen MR) is 122 cm³/mol. The highest BCUT2D eigenvalue weighted by atomic mass is 32.2. The Hall–Kier alpha value is -2.12. The van der Waals surface area contributed by atoms with Crippen LogP contribution in [-0.4, -0.2) is 71.5 Å². The number of thioether (sulfide) groups is 1. The van der Waals surface area contributed by atoms with Gasteiger partial charge in [0.2, 0.25) is 11.8 Å². The first-order valence-corrected chi connectivity index (χ1v) is 11.3. The van der Waals surface area contributed by atoms with Crippen molar-refractivity contribution < 1.29 is 14.0 Å². The normalized spacial score (nSPS) is 16.2. The van der Waals surface area contributed by atoms with Crippen molar-refractivity contribution in [3.8, 4) is 0 Å². The molecule has 1 saturated heterocycles. The maximum absolute atomic E-state index is 13.3. The molecular weight excluding hydrogens is 401 g/mol. The van der Waals surface area contributed by atoms with Gasteiger partial charge in [-0.25, -0.2) is 4.39 Å². The predicted octanol–water partition coefficient (Wildman–Crippen LogP) is 3.56. The molecule has 0 aliphatic carbocycles. The Kier molecular flexibility index (Phi) is 9.59. The van der Waals surface area contributed by atoms with Crippen molar-refractivity contribution in [2.24, 2.45) is 5.92 Å². The fourth-order valence-electron chi connectivity index (χ4n) is 3.49. The Bertz CT molecular complexity index is 728. The van der Waals surface area contributed by atoms with Gasteiger partial charge in [-0.2, -0.15) is 0 Å². The number of rotatable bonds is 11. The van der Waals surface area contributed by atoms with E-state index < -0.39 is 0 Å². The molecule has 164 valence electrons. The van der Waals surface area contributed by atoms with Gasteiger partial charge in [0.25, 0.3) is 0 Å². The summed E-state index contributed by atoms with van der Waals surface area (Å²) < 4.78 is 13.3. The molecule has 1 aromatic rings. The molecule has 0 bridgehead atoms. The Morgan fingerprint density at radius 2 is 1.83 bits per heavy atom. The van der Waals surface area contributed by atoms with E-state index in [9.17, 15) is 14.0 Å². The molecular formula is C23H32FN3O2S. The monoisotopic (exact) mass is 433 g/mol. The van der Waals surface area contributed by atoms with Gasteiger partial charge in [-0.15, -0.1) is 24.9 Å². The number of hydrogen-bond acceptors (Lipinski definition) is 4. The lowest BCUT2D eigenvalue weighted by Gasteiger charge is -2.30. The molecule has 1 aliphatic heterocycles. The minimum Gasteiger partial charge on any atom is -0.334 e. The maximum Gasteiger partial charge on any atom is 0.237 e. The van der Waals surface area contributed by atoms with Crippen LogP contribution in [0.25, 0.3) is 0 Å². The molecule has 1 heterocycles. The molecule has 1 aromatic carbocycles. The first-order valence-electron chi connectivity index (χ1n) is 10.2. The average molecular weight is 434 g/mol. The zero-order valence-corrected chi connectivity index (χ0v) is 18.7. The molecule has 7 heteroatoms. The number of nitrogens with zero attached hydrogens (tertiary/aromatic N) is 3. The molecule has 0 aromatic heterocycles. The molecule has 1 unspecified atom stereocenters. The van der Waals surface area contributed by atoms with Crippen molar-refractivity contribution in [3.63, 3.8) is 0 Å². The Morgan fingerprint density at radius 1 is 1.20 bits per heavy atom. The summed E-state index contributed by atoms with van der Waals surface area (Å²) in [5, 5.41) is -0.118. The van der Waals surface area contributed by atoms with Gasteiger partial charge in [0, 0.05) is 31.9 Å². The van der Waals surface area contributed by atoms with Crippen LogP contribution in [0.5, 0.6) is 0 Å². The smallest absolute Gasteiger partial charge is 0.237 e. The average Bonchev–Trinajstić information content (AvgIpc) is 3.17. The number of carbonyl (C=O) groups is 2. The minimum absolute atomic E-state index is 0.0123. The first kappa shape index (κ1) is 24.2. The molecule has 0 saturated carbocycles. The highest BCUT2D eigenvalue weighted by molar-refractivity contribution is 7.99. The Morgan fingerprint density at radius 3 is 2.40 bits per heavy atom. The minimum atomic E-state index is -0.287. The van der Waals surface area contributed by atoms with Crippen molar-refractivity contribution in [2.45, 2.75) is 19.2 Å². The second-order valence-corrected chi connectivity index (χ2v) is 8.99. The van der Waals surface area contributed by atoms with Crippen LogP contribution < -0.4 is 0 Å². The van der Waals surface area contributed by atoms with E-state index in [0.717, 1.165) is 11.3 Å². The first-order chi connectivity index (χ1) is 14.3. The van der Waals surface area contributed by atoms with Gasteiger partial charge in [-0.3, -0.25) is 14.5 Å². The van der Waals surface area contributed by atoms with Crippen molar-refractivity contribution in [3.05, 3.63) is 61.0 Å². The summed E-state index contributed by atoms with van der Waals surface area (Å²) in [4.78, 5) is 31.3. The fourth-order valence-corrected chi connectivity index (χ4v) is 4.77. The third kappa shape index (κ3) is 6.99. The lowest BCUT2D eigenvalue weighted by atomic mass is 10.2. The van der Waals surface area contributed by atoms with E-state index >= 15 is 0 Å². The van der Waals surface area contributed by atoms with Crippen LogP contribution in [-0.2, 0) is 9.59 Å². The standard InChI is InChI=1S/C23H32FN3O2S/c1-5-11-26(12-6-2)21(28)16-25(15-18(3)4)17-22(29)27-13-14-30-23(27)19-7-9-20(24)10-8-19/h5-10,18,23H,1-2,11-17H2,3-4H3. The van der Waals surface area contributed by atoms with Crippen LogP contribution in [0.3, 0.4) is 0 Å². The Balaban J connectivity index is 2.07. The maximum atomic E-state index is 13.3. The number of benzene rings is 1. The molecule has 2 amide bonds. The summed E-state index contributed by atoms with van der Waals surface area (Å²) in [5.74, 6) is 0.808. The van der Waals surface area contributed by atoms with Crippen molar-refractivity contribution in [1.82, 2.24) is 14.7 Å². The third-order valence-corrected chi connectivity index (χ3v) is 6.02. The molecule has 5 nitrogen and oxygen atoms in total. The molecule has 2 rings (SSSR count). The van der Waals surface area contributed by atoms with E-state index in [-0.39, 0.29) is 36.1 Å². The van der Waals surface area contributed by atoms with E-state index in [4.69, 9.17) is 0 Å². The molecule has 0 N–H and O–H groups in total. The summed E-state index contributed by atoms with van der Waals surface area (Å²) in [5.41, 5.74) is 0.918. The lowest BCUT2D eigenvalue weighted by Crippen LogP contribution is -2.46. The van der Waals surface area contributed by atoms with Gasteiger partial charge in [-0.1, -0.05) is 38.1 Å². The van der Waals surface area contributed by atoms with E-state index in [1.807, 2.05) is 9.80 Å². The van der Waals surface area contributed by atoms with Crippen molar-refractivity contribution >= 4 is 23.6 Å². The van der Waals surface area contributed by atoms with Gasteiger partial charge in [-0.05, 0) is 23.6 Å². The van der Waals surface area contributed by atoms with Gasteiger partial charge in [0.1, 0.15) is 11.2 Å². The van der Waals surface area contributed by atoms with Crippen molar-refractivity contribution in [2.75, 3.05) is 45.0 Å². The second-order valence-electron chi connectivity index (χ2n) is 7.80. The zero-order valence-electron chi connectivity index (χ0n) is 17.9. The molecule has 0 spiro atoms. The number of halogens is 1. The quantitative estimate of drug-likeness (QED) is 0.501. The fraction of sp³-hybridized carbons (Fsp3) is 0.478.